The van der Waals surface area contributed by atoms with Gasteiger partial charge in [-0.05, 0) is 24.3 Å². The number of nitrogens with one attached hydrogen (secondary N) is 1. The molecule has 0 spiro atoms. The molecule has 5 nitrogen and oxygen atoms in total. The highest BCUT2D eigenvalue weighted by Gasteiger charge is 2.22. The monoisotopic (exact) mass is 368 g/mol. The van der Waals surface area contributed by atoms with Crippen LogP contribution in [0.3, 0.4) is 0 Å². The molecule has 0 aliphatic rings. The molecule has 0 aliphatic carbocycles. The van der Waals surface area contributed by atoms with Crippen molar-refractivity contribution in [1.29, 1.82) is 0 Å². The van der Waals surface area contributed by atoms with Crippen molar-refractivity contribution in [3.05, 3.63) is 58.7 Å². The first kappa shape index (κ1) is 15.9. The maximum absolute atomic E-state index is 12.6. The highest BCUT2D eigenvalue weighted by molar-refractivity contribution is 7.92. The molecule has 0 unspecified atom stereocenters. The smallest absolute Gasteiger partial charge is 0.265 e. The van der Waals surface area contributed by atoms with E-state index in [1.165, 1.54) is 6.07 Å². The zero-order valence-electron chi connectivity index (χ0n) is 11.5. The summed E-state index contributed by atoms with van der Waals surface area (Å²) < 4.78 is 27.5. The first-order chi connectivity index (χ1) is 10.9. The Balaban J connectivity index is 2.11. The van der Waals surface area contributed by atoms with Crippen LogP contribution in [0.25, 0.3) is 10.9 Å². The lowest BCUT2D eigenvalue weighted by atomic mass is 10.2. The Labute approximate surface area is 142 Å². The van der Waals surface area contributed by atoms with Gasteiger partial charge in [-0.15, -0.1) is 0 Å². The molecular weight excluding hydrogens is 359 g/mol. The van der Waals surface area contributed by atoms with Gasteiger partial charge in [0.05, 0.1) is 16.2 Å². The van der Waals surface area contributed by atoms with E-state index in [0.29, 0.717) is 11.2 Å². The Morgan fingerprint density at radius 3 is 2.61 bits per heavy atom. The van der Waals surface area contributed by atoms with E-state index in [0.717, 1.165) is 11.5 Å². The number of sulfonamides is 1. The van der Waals surface area contributed by atoms with Gasteiger partial charge in [-0.25, -0.2) is 8.42 Å². The zero-order chi connectivity index (χ0) is 16.6. The molecule has 2 N–H and O–H groups in total. The number of aromatic nitrogens is 1. The summed E-state index contributed by atoms with van der Waals surface area (Å²) in [5.74, 6) is -0.559. The molecule has 1 aromatic heterocycles. The molecule has 0 atom stereocenters. The van der Waals surface area contributed by atoms with Gasteiger partial charge in [0.2, 0.25) is 0 Å². The van der Waals surface area contributed by atoms with Crippen LogP contribution < -0.4 is 4.72 Å². The predicted octanol–water partition coefficient (Wildman–Crippen LogP) is 4.05. The van der Waals surface area contributed by atoms with E-state index in [9.17, 15) is 13.5 Å². The van der Waals surface area contributed by atoms with E-state index in [1.54, 1.807) is 24.4 Å². The van der Waals surface area contributed by atoms with E-state index in [2.05, 4.69) is 9.71 Å². The predicted molar refractivity (Wildman–Crippen MR) is 90.7 cm³/mol. The van der Waals surface area contributed by atoms with Gasteiger partial charge in [0.1, 0.15) is 4.90 Å². The van der Waals surface area contributed by atoms with E-state index in [1.807, 2.05) is 12.1 Å². The number of rotatable bonds is 3. The summed E-state index contributed by atoms with van der Waals surface area (Å²) >= 11 is 11.6. The average molecular weight is 369 g/mol. The fourth-order valence-electron chi connectivity index (χ4n) is 2.13. The molecule has 0 aliphatic heterocycles. The molecular formula is C15H10Cl2N2O3S. The summed E-state index contributed by atoms with van der Waals surface area (Å²) in [7, 11) is -4.09. The Hall–Kier alpha value is -2.02. The third-order valence-corrected chi connectivity index (χ3v) is 5.04. The minimum absolute atomic E-state index is 0.101. The van der Waals surface area contributed by atoms with Crippen LogP contribution in [-0.4, -0.2) is 18.5 Å². The number of halogens is 2. The van der Waals surface area contributed by atoms with E-state index in [-0.39, 0.29) is 10.0 Å². The van der Waals surface area contributed by atoms with Gasteiger partial charge in [0, 0.05) is 16.6 Å². The second kappa shape index (κ2) is 5.88. The fourth-order valence-corrected chi connectivity index (χ4v) is 3.96. The summed E-state index contributed by atoms with van der Waals surface area (Å²) in [6.07, 6.45) is 1.56. The van der Waals surface area contributed by atoms with Crippen molar-refractivity contribution >= 4 is 49.8 Å². The van der Waals surface area contributed by atoms with Gasteiger partial charge in [-0.3, -0.25) is 9.71 Å². The lowest BCUT2D eigenvalue weighted by Gasteiger charge is -2.12. The number of phenolic OH excluding ortho intramolecular Hbond substituents is 1. The van der Waals surface area contributed by atoms with Crippen LogP contribution in [0.1, 0.15) is 0 Å². The SMILES string of the molecule is O=S(=O)(Nc1cccc2cccnc12)c1cc(Cl)cc(Cl)c1O. The second-order valence-corrected chi connectivity index (χ2v) is 7.22. The number of para-hydroxylation sites is 1. The number of nitrogens with zero attached hydrogens (tertiary/aromatic N) is 1. The molecule has 0 radical (unpaired) electrons. The molecule has 0 saturated heterocycles. The number of aromatic hydroxyl groups is 1. The van der Waals surface area contributed by atoms with Crippen LogP contribution in [0.5, 0.6) is 5.75 Å². The Morgan fingerprint density at radius 2 is 1.83 bits per heavy atom. The summed E-state index contributed by atoms with van der Waals surface area (Å²) in [4.78, 5) is 3.77. The average Bonchev–Trinajstić information content (AvgIpc) is 2.51. The molecule has 0 saturated carbocycles. The largest absolute Gasteiger partial charge is 0.505 e. The maximum atomic E-state index is 12.6. The molecule has 3 aromatic rings. The van der Waals surface area contributed by atoms with Crippen molar-refractivity contribution in [2.75, 3.05) is 4.72 Å². The molecule has 2 aromatic carbocycles. The van der Waals surface area contributed by atoms with Crippen molar-refractivity contribution in [3.63, 3.8) is 0 Å². The maximum Gasteiger partial charge on any atom is 0.265 e. The Kier molecular flexibility index (Phi) is 4.06. The quantitative estimate of drug-likeness (QED) is 0.730. The Morgan fingerprint density at radius 1 is 1.09 bits per heavy atom. The molecule has 118 valence electrons. The third-order valence-electron chi connectivity index (χ3n) is 3.16. The molecule has 0 amide bonds. The molecule has 0 bridgehead atoms. The van der Waals surface area contributed by atoms with Crippen molar-refractivity contribution in [1.82, 2.24) is 4.98 Å². The van der Waals surface area contributed by atoms with Crippen LogP contribution >= 0.6 is 23.2 Å². The van der Waals surface area contributed by atoms with Crippen molar-refractivity contribution < 1.29 is 13.5 Å². The van der Waals surface area contributed by atoms with Crippen LogP contribution in [0.15, 0.2) is 53.6 Å². The molecule has 1 heterocycles. The second-order valence-electron chi connectivity index (χ2n) is 4.72. The van der Waals surface area contributed by atoms with Crippen LogP contribution in [0, 0.1) is 0 Å². The minimum Gasteiger partial charge on any atom is -0.505 e. The van der Waals surface area contributed by atoms with Crippen LogP contribution in [0.2, 0.25) is 10.0 Å². The molecule has 23 heavy (non-hydrogen) atoms. The summed E-state index contributed by atoms with van der Waals surface area (Å²) in [6.45, 7) is 0. The van der Waals surface area contributed by atoms with Crippen molar-refractivity contribution in [3.8, 4) is 5.75 Å². The first-order valence-corrected chi connectivity index (χ1v) is 8.67. The summed E-state index contributed by atoms with van der Waals surface area (Å²) in [5.41, 5.74) is 0.782. The van der Waals surface area contributed by atoms with Gasteiger partial charge < -0.3 is 5.11 Å². The van der Waals surface area contributed by atoms with Crippen LogP contribution in [0.4, 0.5) is 5.69 Å². The summed E-state index contributed by atoms with van der Waals surface area (Å²) in [5, 5.41) is 10.7. The lowest BCUT2D eigenvalue weighted by molar-refractivity contribution is 0.459. The van der Waals surface area contributed by atoms with E-state index < -0.39 is 20.7 Å². The molecule has 0 fully saturated rings. The van der Waals surface area contributed by atoms with E-state index >= 15 is 0 Å². The standard InChI is InChI=1S/C15H10Cl2N2O3S/c16-10-7-11(17)15(20)13(8-10)23(21,22)19-12-5-1-3-9-4-2-6-18-14(9)12/h1-8,19-20H. The molecule has 8 heteroatoms. The van der Waals surface area contributed by atoms with Gasteiger partial charge in [0.15, 0.2) is 5.75 Å². The number of benzene rings is 2. The summed E-state index contributed by atoms with van der Waals surface area (Å²) in [6, 6.07) is 11.0. The first-order valence-electron chi connectivity index (χ1n) is 6.43. The minimum atomic E-state index is -4.09. The van der Waals surface area contributed by atoms with E-state index in [4.69, 9.17) is 23.2 Å². The number of hydrogen-bond acceptors (Lipinski definition) is 4. The van der Waals surface area contributed by atoms with Crippen molar-refractivity contribution in [2.45, 2.75) is 4.90 Å². The highest BCUT2D eigenvalue weighted by atomic mass is 35.5. The number of hydrogen-bond donors (Lipinski definition) is 2. The third kappa shape index (κ3) is 3.06. The molecule has 3 rings (SSSR count). The number of phenols is 1. The van der Waals surface area contributed by atoms with Crippen molar-refractivity contribution in [2.24, 2.45) is 0 Å². The topological polar surface area (TPSA) is 79.3 Å². The highest BCUT2D eigenvalue weighted by Crippen LogP contribution is 2.35. The normalized spacial score (nSPS) is 11.6. The van der Waals surface area contributed by atoms with Gasteiger partial charge in [0.25, 0.3) is 10.0 Å². The van der Waals surface area contributed by atoms with Gasteiger partial charge >= 0.3 is 0 Å². The Bertz CT molecular complexity index is 1000. The van der Waals surface area contributed by atoms with Gasteiger partial charge in [-0.2, -0.15) is 0 Å². The number of fused-ring (bicyclic) bond motifs is 1. The number of pyridine rings is 1. The van der Waals surface area contributed by atoms with Gasteiger partial charge in [-0.1, -0.05) is 41.4 Å². The number of anilines is 1. The van der Waals surface area contributed by atoms with Crippen LogP contribution in [-0.2, 0) is 10.0 Å². The lowest BCUT2D eigenvalue weighted by Crippen LogP contribution is -2.13. The fraction of sp³-hybridized carbons (Fsp3) is 0. The zero-order valence-corrected chi connectivity index (χ0v) is 13.8.